The van der Waals surface area contributed by atoms with Crippen LogP contribution in [0.25, 0.3) is 0 Å². The van der Waals surface area contributed by atoms with E-state index in [1.807, 2.05) is 26.0 Å². The molecule has 2 amide bonds. The molecule has 0 heterocycles. The molecule has 20 heavy (non-hydrogen) atoms. The van der Waals surface area contributed by atoms with Crippen LogP contribution < -0.4 is 10.6 Å². The van der Waals surface area contributed by atoms with E-state index in [0.29, 0.717) is 5.69 Å². The third-order valence-corrected chi connectivity index (χ3v) is 3.47. The van der Waals surface area contributed by atoms with Crippen molar-refractivity contribution in [3.8, 4) is 0 Å². The molecule has 0 saturated heterocycles. The zero-order valence-corrected chi connectivity index (χ0v) is 12.1. The molecule has 0 radical (unpaired) electrons. The summed E-state index contributed by atoms with van der Waals surface area (Å²) in [5.41, 5.74) is 0.922. The summed E-state index contributed by atoms with van der Waals surface area (Å²) in [5.74, 6) is 0. The lowest BCUT2D eigenvalue weighted by Crippen LogP contribution is -2.45. The molecule has 0 aromatic heterocycles. The summed E-state index contributed by atoms with van der Waals surface area (Å²) >= 11 is 0. The Morgan fingerprint density at radius 1 is 1.30 bits per heavy atom. The van der Waals surface area contributed by atoms with Crippen molar-refractivity contribution >= 4 is 17.9 Å². The van der Waals surface area contributed by atoms with Crippen molar-refractivity contribution in [1.29, 1.82) is 0 Å². The molecule has 1 rings (SSSR count). The number of amides is 2. The van der Waals surface area contributed by atoms with E-state index in [1.165, 1.54) is 7.11 Å². The maximum atomic E-state index is 11.4. The van der Waals surface area contributed by atoms with E-state index in [2.05, 4.69) is 15.4 Å². The number of rotatable bonds is 4. The average molecular weight is 280 g/mol. The summed E-state index contributed by atoms with van der Waals surface area (Å²) in [6.07, 6.45) is -1.64. The number of carboxylic acid groups (broad SMARTS) is 1. The fourth-order valence-electron chi connectivity index (χ4n) is 1.91. The Morgan fingerprint density at radius 3 is 2.45 bits per heavy atom. The molecule has 6 heteroatoms. The van der Waals surface area contributed by atoms with Crippen LogP contribution in [-0.4, -0.2) is 30.4 Å². The molecule has 0 saturated carbocycles. The minimum absolute atomic E-state index is 0.333. The van der Waals surface area contributed by atoms with Crippen LogP contribution in [0.5, 0.6) is 0 Å². The van der Waals surface area contributed by atoms with Crippen LogP contribution in [0.4, 0.5) is 15.3 Å². The molecule has 1 atom stereocenters. The van der Waals surface area contributed by atoms with Gasteiger partial charge in [-0.25, -0.2) is 9.59 Å². The van der Waals surface area contributed by atoms with Gasteiger partial charge in [0.25, 0.3) is 0 Å². The van der Waals surface area contributed by atoms with Gasteiger partial charge in [0.2, 0.25) is 0 Å². The van der Waals surface area contributed by atoms with Crippen LogP contribution in [0.2, 0.25) is 0 Å². The fraction of sp³-hybridized carbons (Fsp3) is 0.429. The first kappa shape index (κ1) is 15.8. The van der Waals surface area contributed by atoms with Gasteiger partial charge >= 0.3 is 12.2 Å². The van der Waals surface area contributed by atoms with Gasteiger partial charge in [-0.3, -0.25) is 5.32 Å². The van der Waals surface area contributed by atoms with Gasteiger partial charge in [-0.2, -0.15) is 0 Å². The van der Waals surface area contributed by atoms with Crippen molar-refractivity contribution in [2.45, 2.75) is 32.2 Å². The number of anilines is 1. The topological polar surface area (TPSA) is 87.7 Å². The maximum absolute atomic E-state index is 11.4. The average Bonchev–Trinajstić information content (AvgIpc) is 2.38. The lowest BCUT2D eigenvalue weighted by atomic mass is 9.77. The summed E-state index contributed by atoms with van der Waals surface area (Å²) in [6.45, 7) is 5.60. The standard InChI is InChI=1S/C14H20N2O4/c1-9(15-12(17)18)14(2,3)10-7-5-6-8-11(10)16-13(19)20-4/h5-9,15H,1-4H3,(H,16,19)(H,17,18). The van der Waals surface area contributed by atoms with Gasteiger partial charge in [0.05, 0.1) is 7.11 Å². The Hall–Kier alpha value is -2.24. The monoisotopic (exact) mass is 280 g/mol. The Morgan fingerprint density at radius 2 is 1.90 bits per heavy atom. The summed E-state index contributed by atoms with van der Waals surface area (Å²) < 4.78 is 4.59. The molecule has 1 aromatic rings. The molecular formula is C14H20N2O4. The quantitative estimate of drug-likeness (QED) is 0.791. The largest absolute Gasteiger partial charge is 0.465 e. The number of methoxy groups -OCH3 is 1. The number of carbonyl (C=O) groups excluding carboxylic acids is 1. The van der Waals surface area contributed by atoms with Gasteiger partial charge in [0.1, 0.15) is 0 Å². The van der Waals surface area contributed by atoms with Gasteiger partial charge in [-0.15, -0.1) is 0 Å². The molecule has 110 valence electrons. The van der Waals surface area contributed by atoms with Crippen LogP contribution >= 0.6 is 0 Å². The molecule has 6 nitrogen and oxygen atoms in total. The van der Waals surface area contributed by atoms with E-state index in [9.17, 15) is 9.59 Å². The van der Waals surface area contributed by atoms with Crippen LogP contribution in [0.3, 0.4) is 0 Å². The summed E-state index contributed by atoms with van der Waals surface area (Å²) in [4.78, 5) is 22.2. The van der Waals surface area contributed by atoms with Gasteiger partial charge < -0.3 is 15.2 Å². The number of hydrogen-bond acceptors (Lipinski definition) is 3. The summed E-state index contributed by atoms with van der Waals surface area (Å²) in [7, 11) is 1.29. The molecule has 0 fully saturated rings. The van der Waals surface area contributed by atoms with Crippen molar-refractivity contribution in [2.75, 3.05) is 12.4 Å². The second kappa shape index (κ2) is 6.27. The van der Waals surface area contributed by atoms with E-state index in [1.54, 1.807) is 19.1 Å². The molecule has 0 aliphatic carbocycles. The molecule has 0 aliphatic rings. The first-order valence-electron chi connectivity index (χ1n) is 6.23. The smallest absolute Gasteiger partial charge is 0.411 e. The number of hydrogen-bond donors (Lipinski definition) is 3. The summed E-state index contributed by atoms with van der Waals surface area (Å²) in [6, 6.07) is 6.90. The SMILES string of the molecule is COC(=O)Nc1ccccc1C(C)(C)C(C)NC(=O)O. The predicted molar refractivity (Wildman–Crippen MR) is 76.1 cm³/mol. The van der Waals surface area contributed by atoms with E-state index >= 15 is 0 Å². The van der Waals surface area contributed by atoms with Gasteiger partial charge in [0.15, 0.2) is 0 Å². The van der Waals surface area contributed by atoms with E-state index < -0.39 is 17.6 Å². The number of carbonyl (C=O) groups is 2. The van der Waals surface area contributed by atoms with Crippen molar-refractivity contribution in [3.05, 3.63) is 29.8 Å². The first-order chi connectivity index (χ1) is 9.28. The van der Waals surface area contributed by atoms with Gasteiger partial charge in [-0.05, 0) is 18.6 Å². The van der Waals surface area contributed by atoms with Crippen molar-refractivity contribution in [1.82, 2.24) is 5.32 Å². The van der Waals surface area contributed by atoms with Crippen molar-refractivity contribution in [3.63, 3.8) is 0 Å². The van der Waals surface area contributed by atoms with Crippen LogP contribution in [0.1, 0.15) is 26.3 Å². The minimum Gasteiger partial charge on any atom is -0.465 e. The second-order valence-electron chi connectivity index (χ2n) is 5.06. The molecule has 1 unspecified atom stereocenters. The van der Waals surface area contributed by atoms with E-state index in [-0.39, 0.29) is 6.04 Å². The Balaban J connectivity index is 3.10. The molecule has 3 N–H and O–H groups in total. The molecule has 0 spiro atoms. The highest BCUT2D eigenvalue weighted by atomic mass is 16.5. The van der Waals surface area contributed by atoms with Crippen molar-refractivity contribution < 1.29 is 19.4 Å². The zero-order chi connectivity index (χ0) is 15.3. The van der Waals surface area contributed by atoms with Crippen LogP contribution in [0, 0.1) is 0 Å². The highest BCUT2D eigenvalue weighted by Crippen LogP contribution is 2.32. The number of nitrogens with one attached hydrogen (secondary N) is 2. The predicted octanol–water partition coefficient (Wildman–Crippen LogP) is 2.80. The normalized spacial score (nSPS) is 12.4. The van der Waals surface area contributed by atoms with Crippen LogP contribution in [-0.2, 0) is 10.2 Å². The molecule has 0 aliphatic heterocycles. The first-order valence-corrected chi connectivity index (χ1v) is 6.23. The summed E-state index contributed by atoms with van der Waals surface area (Å²) in [5, 5.41) is 13.9. The number of benzene rings is 1. The Kier molecular flexibility index (Phi) is 4.96. The lowest BCUT2D eigenvalue weighted by Gasteiger charge is -2.33. The Labute approximate surface area is 118 Å². The second-order valence-corrected chi connectivity index (χ2v) is 5.06. The number of ether oxygens (including phenoxy) is 1. The highest BCUT2D eigenvalue weighted by Gasteiger charge is 2.31. The third-order valence-electron chi connectivity index (χ3n) is 3.47. The zero-order valence-electron chi connectivity index (χ0n) is 12.1. The number of para-hydroxylation sites is 1. The van der Waals surface area contributed by atoms with Gasteiger partial charge in [-0.1, -0.05) is 32.0 Å². The van der Waals surface area contributed by atoms with Gasteiger partial charge in [0, 0.05) is 17.1 Å². The van der Waals surface area contributed by atoms with E-state index in [4.69, 9.17) is 5.11 Å². The molecule has 1 aromatic carbocycles. The minimum atomic E-state index is -1.08. The maximum Gasteiger partial charge on any atom is 0.411 e. The van der Waals surface area contributed by atoms with Crippen LogP contribution in [0.15, 0.2) is 24.3 Å². The molecule has 0 bridgehead atoms. The lowest BCUT2D eigenvalue weighted by molar-refractivity contribution is 0.183. The highest BCUT2D eigenvalue weighted by molar-refractivity contribution is 5.86. The van der Waals surface area contributed by atoms with E-state index in [0.717, 1.165) is 5.56 Å². The Bertz CT molecular complexity index is 500. The fourth-order valence-corrected chi connectivity index (χ4v) is 1.91. The molecular weight excluding hydrogens is 260 g/mol. The third kappa shape index (κ3) is 3.63. The van der Waals surface area contributed by atoms with Crippen molar-refractivity contribution in [2.24, 2.45) is 0 Å².